The molecule has 144 valence electrons. The van der Waals surface area contributed by atoms with Crippen LogP contribution in [0, 0.1) is 0 Å². The number of hydrogen-bond donors (Lipinski definition) is 1. The molecule has 0 radical (unpaired) electrons. The van der Waals surface area contributed by atoms with Crippen LogP contribution < -0.4 is 24.3 Å². The predicted octanol–water partition coefficient (Wildman–Crippen LogP) is 3.98. The molecule has 1 amide bonds. The predicted molar refractivity (Wildman–Crippen MR) is 103 cm³/mol. The largest absolute Gasteiger partial charge is 0.493 e. The van der Waals surface area contributed by atoms with E-state index in [2.05, 4.69) is 12.2 Å². The fourth-order valence-electron chi connectivity index (χ4n) is 3.39. The van der Waals surface area contributed by atoms with Crippen LogP contribution in [-0.4, -0.2) is 33.8 Å². The SMILES string of the molecule is CCCOc1c(OC)cccc1C1CC(=O)Nc2cc(OC)c(OC)cc21. The maximum Gasteiger partial charge on any atom is 0.225 e. The molecule has 0 saturated heterocycles. The van der Waals surface area contributed by atoms with E-state index in [0.717, 1.165) is 23.2 Å². The monoisotopic (exact) mass is 371 g/mol. The minimum atomic E-state index is -0.171. The van der Waals surface area contributed by atoms with Gasteiger partial charge < -0.3 is 24.3 Å². The second-order valence-electron chi connectivity index (χ2n) is 6.33. The van der Waals surface area contributed by atoms with Crippen molar-refractivity contribution in [2.75, 3.05) is 33.3 Å². The number of para-hydroxylation sites is 1. The first-order chi connectivity index (χ1) is 13.1. The third-order valence-electron chi connectivity index (χ3n) is 4.65. The number of methoxy groups -OCH3 is 3. The van der Waals surface area contributed by atoms with E-state index in [1.165, 1.54) is 0 Å². The second kappa shape index (κ2) is 8.20. The molecule has 27 heavy (non-hydrogen) atoms. The number of amides is 1. The van der Waals surface area contributed by atoms with Gasteiger partial charge in [0.2, 0.25) is 5.91 Å². The third kappa shape index (κ3) is 3.65. The van der Waals surface area contributed by atoms with Crippen molar-refractivity contribution in [1.82, 2.24) is 0 Å². The number of benzene rings is 2. The molecule has 2 aromatic carbocycles. The summed E-state index contributed by atoms with van der Waals surface area (Å²) in [5.74, 6) is 2.32. The van der Waals surface area contributed by atoms with Crippen LogP contribution in [-0.2, 0) is 4.79 Å². The molecule has 1 N–H and O–H groups in total. The van der Waals surface area contributed by atoms with Gasteiger partial charge in [-0.2, -0.15) is 0 Å². The first-order valence-corrected chi connectivity index (χ1v) is 8.98. The molecular formula is C21H25NO5. The molecule has 1 unspecified atom stereocenters. The molecular weight excluding hydrogens is 346 g/mol. The summed E-state index contributed by atoms with van der Waals surface area (Å²) in [6.45, 7) is 2.63. The highest BCUT2D eigenvalue weighted by Gasteiger charge is 2.31. The number of ether oxygens (including phenoxy) is 4. The Balaban J connectivity index is 2.15. The Bertz CT molecular complexity index is 834. The zero-order valence-corrected chi connectivity index (χ0v) is 16.1. The molecule has 0 aromatic heterocycles. The molecule has 1 heterocycles. The topological polar surface area (TPSA) is 66.0 Å². The van der Waals surface area contributed by atoms with Crippen LogP contribution in [0.5, 0.6) is 23.0 Å². The van der Waals surface area contributed by atoms with Crippen molar-refractivity contribution < 1.29 is 23.7 Å². The number of rotatable bonds is 7. The number of nitrogens with one attached hydrogen (secondary N) is 1. The summed E-state index contributed by atoms with van der Waals surface area (Å²) >= 11 is 0. The van der Waals surface area contributed by atoms with Crippen molar-refractivity contribution in [3.63, 3.8) is 0 Å². The van der Waals surface area contributed by atoms with E-state index >= 15 is 0 Å². The highest BCUT2D eigenvalue weighted by atomic mass is 16.5. The molecule has 6 nitrogen and oxygen atoms in total. The van der Waals surface area contributed by atoms with Gasteiger partial charge in [-0.25, -0.2) is 0 Å². The van der Waals surface area contributed by atoms with Gasteiger partial charge in [-0.05, 0) is 24.1 Å². The maximum absolute atomic E-state index is 12.4. The summed E-state index contributed by atoms with van der Waals surface area (Å²) in [4.78, 5) is 12.4. The smallest absolute Gasteiger partial charge is 0.225 e. The van der Waals surface area contributed by atoms with Crippen molar-refractivity contribution in [2.45, 2.75) is 25.7 Å². The van der Waals surface area contributed by atoms with Gasteiger partial charge in [-0.15, -0.1) is 0 Å². The first kappa shape index (κ1) is 18.9. The number of carbonyl (C=O) groups is 1. The van der Waals surface area contributed by atoms with Gasteiger partial charge in [-0.3, -0.25) is 4.79 Å². The van der Waals surface area contributed by atoms with Crippen LogP contribution in [0.4, 0.5) is 5.69 Å². The molecule has 0 fully saturated rings. The Hall–Kier alpha value is -2.89. The summed E-state index contributed by atoms with van der Waals surface area (Å²) < 4.78 is 22.3. The summed E-state index contributed by atoms with van der Waals surface area (Å²) in [6.07, 6.45) is 1.20. The van der Waals surface area contributed by atoms with Crippen molar-refractivity contribution >= 4 is 11.6 Å². The number of fused-ring (bicyclic) bond motifs is 1. The fraction of sp³-hybridized carbons (Fsp3) is 0.381. The van der Waals surface area contributed by atoms with Gasteiger partial charge in [0.15, 0.2) is 23.0 Å². The normalized spacial score (nSPS) is 15.6. The lowest BCUT2D eigenvalue weighted by Gasteiger charge is -2.29. The number of anilines is 1. The first-order valence-electron chi connectivity index (χ1n) is 8.98. The van der Waals surface area contributed by atoms with Gasteiger partial charge >= 0.3 is 0 Å². The average Bonchev–Trinajstić information content (AvgIpc) is 2.70. The van der Waals surface area contributed by atoms with Gasteiger partial charge in [-0.1, -0.05) is 19.1 Å². The molecule has 2 aromatic rings. The summed E-state index contributed by atoms with van der Waals surface area (Å²) in [6, 6.07) is 9.48. The van der Waals surface area contributed by atoms with Crippen LogP contribution in [0.3, 0.4) is 0 Å². The van der Waals surface area contributed by atoms with Crippen LogP contribution in [0.2, 0.25) is 0 Å². The molecule has 3 rings (SSSR count). The standard InChI is InChI=1S/C21H25NO5/c1-5-9-27-21-13(7-6-8-17(21)24-2)14-11-20(23)22-16-12-19(26-4)18(25-3)10-15(14)16/h6-8,10,12,14H,5,9,11H2,1-4H3,(H,22,23). The zero-order chi connectivity index (χ0) is 19.4. The lowest BCUT2D eigenvalue weighted by atomic mass is 9.84. The maximum atomic E-state index is 12.4. The quantitative estimate of drug-likeness (QED) is 0.798. The van der Waals surface area contributed by atoms with Crippen molar-refractivity contribution in [3.8, 4) is 23.0 Å². The van der Waals surface area contributed by atoms with E-state index in [1.807, 2.05) is 24.3 Å². The van der Waals surface area contributed by atoms with E-state index < -0.39 is 0 Å². The lowest BCUT2D eigenvalue weighted by Crippen LogP contribution is -2.24. The van der Waals surface area contributed by atoms with E-state index in [1.54, 1.807) is 27.4 Å². The van der Waals surface area contributed by atoms with Gasteiger partial charge in [0.05, 0.1) is 27.9 Å². The zero-order valence-electron chi connectivity index (χ0n) is 16.1. The number of carbonyl (C=O) groups excluding carboxylic acids is 1. The van der Waals surface area contributed by atoms with Crippen LogP contribution >= 0.6 is 0 Å². The summed E-state index contributed by atoms with van der Waals surface area (Å²) in [5.41, 5.74) is 2.60. The Morgan fingerprint density at radius 2 is 1.70 bits per heavy atom. The molecule has 1 aliphatic heterocycles. The van der Waals surface area contributed by atoms with Crippen molar-refractivity contribution in [2.24, 2.45) is 0 Å². The van der Waals surface area contributed by atoms with Crippen molar-refractivity contribution in [3.05, 3.63) is 41.5 Å². The highest BCUT2D eigenvalue weighted by molar-refractivity contribution is 5.96. The summed E-state index contributed by atoms with van der Waals surface area (Å²) in [7, 11) is 4.79. The van der Waals surface area contributed by atoms with E-state index in [0.29, 0.717) is 36.0 Å². The van der Waals surface area contributed by atoms with Crippen LogP contribution in [0.25, 0.3) is 0 Å². The van der Waals surface area contributed by atoms with E-state index in [-0.39, 0.29) is 11.8 Å². The van der Waals surface area contributed by atoms with Crippen molar-refractivity contribution in [1.29, 1.82) is 0 Å². The van der Waals surface area contributed by atoms with Gasteiger partial charge in [0, 0.05) is 29.7 Å². The Morgan fingerprint density at radius 3 is 2.37 bits per heavy atom. The third-order valence-corrected chi connectivity index (χ3v) is 4.65. The minimum Gasteiger partial charge on any atom is -0.493 e. The molecule has 0 spiro atoms. The second-order valence-corrected chi connectivity index (χ2v) is 6.33. The van der Waals surface area contributed by atoms with E-state index in [4.69, 9.17) is 18.9 Å². The summed E-state index contributed by atoms with van der Waals surface area (Å²) in [5, 5.41) is 2.93. The van der Waals surface area contributed by atoms with Crippen LogP contribution in [0.1, 0.15) is 36.8 Å². The molecule has 6 heteroatoms. The Morgan fingerprint density at radius 1 is 1.00 bits per heavy atom. The lowest BCUT2D eigenvalue weighted by molar-refractivity contribution is -0.116. The van der Waals surface area contributed by atoms with E-state index in [9.17, 15) is 4.79 Å². The van der Waals surface area contributed by atoms with Gasteiger partial charge in [0.25, 0.3) is 0 Å². The molecule has 1 atom stereocenters. The van der Waals surface area contributed by atoms with Crippen LogP contribution in [0.15, 0.2) is 30.3 Å². The minimum absolute atomic E-state index is 0.0519. The number of hydrogen-bond acceptors (Lipinski definition) is 5. The fourth-order valence-corrected chi connectivity index (χ4v) is 3.39. The molecule has 0 saturated carbocycles. The Labute approximate surface area is 159 Å². The highest BCUT2D eigenvalue weighted by Crippen LogP contribution is 2.47. The van der Waals surface area contributed by atoms with Gasteiger partial charge in [0.1, 0.15) is 0 Å². The average molecular weight is 371 g/mol. The molecule has 0 bridgehead atoms. The Kier molecular flexibility index (Phi) is 5.74. The molecule has 1 aliphatic rings. The molecule has 0 aliphatic carbocycles.